The van der Waals surface area contributed by atoms with Gasteiger partial charge in [-0.3, -0.25) is 0 Å². The average molecular weight is 205 g/mol. The van der Waals surface area contributed by atoms with Gasteiger partial charge in [-0.15, -0.1) is 0 Å². The van der Waals surface area contributed by atoms with E-state index < -0.39 is 8.24 Å². The van der Waals surface area contributed by atoms with Gasteiger partial charge in [0.2, 0.25) is 0 Å². The quantitative estimate of drug-likeness (QED) is 0.677. The van der Waals surface area contributed by atoms with E-state index in [2.05, 4.69) is 73.7 Å². The number of hydrogen-bond donors (Lipinski definition) is 0. The van der Waals surface area contributed by atoms with Crippen LogP contribution >= 0.6 is 0 Å². The molecule has 1 aromatic carbocycles. The van der Waals surface area contributed by atoms with Crippen LogP contribution in [0.5, 0.6) is 0 Å². The van der Waals surface area contributed by atoms with Gasteiger partial charge in [0.15, 0.2) is 8.24 Å². The topological polar surface area (TPSA) is 3.24 Å². The second kappa shape index (κ2) is 4.47. The van der Waals surface area contributed by atoms with Crippen molar-refractivity contribution in [2.24, 2.45) is 0 Å². The number of nitrogens with zero attached hydrogens (tertiary/aromatic N) is 1. The van der Waals surface area contributed by atoms with Crippen LogP contribution in [-0.4, -0.2) is 8.24 Å². The fourth-order valence-corrected chi connectivity index (χ4v) is 2.95. The molecular weight excluding hydrogens is 186 g/mol. The molecule has 0 aliphatic heterocycles. The van der Waals surface area contributed by atoms with Crippen LogP contribution in [0.2, 0.25) is 19.6 Å². The second-order valence-electron chi connectivity index (χ2n) is 4.36. The van der Waals surface area contributed by atoms with Crippen LogP contribution < -0.4 is 4.57 Å². The van der Waals surface area contributed by atoms with E-state index in [4.69, 9.17) is 0 Å². The van der Waals surface area contributed by atoms with E-state index in [0.29, 0.717) is 0 Å². The largest absolute Gasteiger partial charge is 0.376 e. The van der Waals surface area contributed by atoms with Crippen molar-refractivity contribution in [1.29, 1.82) is 0 Å². The summed E-state index contributed by atoms with van der Waals surface area (Å²) in [5.74, 6) is 0. The first-order valence-electron chi connectivity index (χ1n) is 5.03. The molecule has 0 bridgehead atoms. The van der Waals surface area contributed by atoms with Crippen LogP contribution in [0, 0.1) is 0 Å². The molecule has 0 atom stereocenters. The fourth-order valence-electron chi connectivity index (χ4n) is 1.43. The zero-order valence-electron chi connectivity index (χ0n) is 9.49. The second-order valence-corrected chi connectivity index (χ2v) is 9.18. The molecule has 0 amide bonds. The molecule has 1 nitrogen and oxygen atoms in total. The first-order chi connectivity index (χ1) is 6.55. The van der Waals surface area contributed by atoms with Crippen molar-refractivity contribution < 1.29 is 0 Å². The number of benzene rings is 1. The van der Waals surface area contributed by atoms with E-state index >= 15 is 0 Å². The maximum Gasteiger partial charge on any atom is 0.152 e. The predicted octanol–water partition coefficient (Wildman–Crippen LogP) is 3.86. The molecule has 0 aromatic heterocycles. The Morgan fingerprint density at radius 2 is 1.64 bits per heavy atom. The zero-order chi connectivity index (χ0) is 10.6. The predicted molar refractivity (Wildman–Crippen MR) is 67.1 cm³/mol. The number of anilines is 1. The van der Waals surface area contributed by atoms with Crippen molar-refractivity contribution in [3.05, 3.63) is 42.6 Å². The third-order valence-corrected chi connectivity index (χ3v) is 3.91. The Morgan fingerprint density at radius 1 is 1.07 bits per heavy atom. The molecule has 76 valence electrons. The monoisotopic (exact) mass is 205 g/mol. The molecule has 1 rings (SSSR count). The van der Waals surface area contributed by atoms with Gasteiger partial charge in [0.05, 0.1) is 0 Å². The van der Waals surface area contributed by atoms with Crippen LogP contribution in [0.3, 0.4) is 0 Å². The number of hydrogen-bond acceptors (Lipinski definition) is 1. The maximum absolute atomic E-state index is 2.41. The molecule has 1 aromatic rings. The van der Waals surface area contributed by atoms with Crippen LogP contribution in [0.25, 0.3) is 0 Å². The normalized spacial score (nSPS) is 12.0. The summed E-state index contributed by atoms with van der Waals surface area (Å²) in [7, 11) is -1.30. The van der Waals surface area contributed by atoms with Crippen molar-refractivity contribution in [3.63, 3.8) is 0 Å². The van der Waals surface area contributed by atoms with Crippen molar-refractivity contribution in [2.45, 2.75) is 26.6 Å². The summed E-state index contributed by atoms with van der Waals surface area (Å²) in [6.07, 6.45) is 4.28. The highest BCUT2D eigenvalue weighted by molar-refractivity contribution is 6.80. The van der Waals surface area contributed by atoms with Crippen molar-refractivity contribution in [1.82, 2.24) is 0 Å². The van der Waals surface area contributed by atoms with E-state index in [1.807, 2.05) is 0 Å². The summed E-state index contributed by atoms with van der Waals surface area (Å²) in [5.41, 5.74) is 1.30. The average Bonchev–Trinajstić information content (AvgIpc) is 2.14. The van der Waals surface area contributed by atoms with Crippen LogP contribution in [0.15, 0.2) is 42.6 Å². The molecule has 0 N–H and O–H groups in total. The van der Waals surface area contributed by atoms with Crippen molar-refractivity contribution >= 4 is 13.9 Å². The molecular formula is C12H19NSi. The lowest BCUT2D eigenvalue weighted by Gasteiger charge is -2.33. The van der Waals surface area contributed by atoms with Gasteiger partial charge < -0.3 is 4.57 Å². The Hall–Kier alpha value is -1.02. The zero-order valence-corrected chi connectivity index (χ0v) is 10.5. The Labute approximate surface area is 88.2 Å². The molecule has 0 spiro atoms. The summed E-state index contributed by atoms with van der Waals surface area (Å²) in [6, 6.07) is 10.6. The van der Waals surface area contributed by atoms with Crippen LogP contribution in [0.1, 0.15) is 6.92 Å². The molecule has 0 aliphatic carbocycles. The third-order valence-electron chi connectivity index (χ3n) is 2.06. The van der Waals surface area contributed by atoms with Crippen molar-refractivity contribution in [2.75, 3.05) is 4.57 Å². The van der Waals surface area contributed by atoms with Gasteiger partial charge in [-0.1, -0.05) is 43.9 Å². The minimum Gasteiger partial charge on any atom is -0.376 e. The van der Waals surface area contributed by atoms with Crippen LogP contribution in [0.4, 0.5) is 5.69 Å². The van der Waals surface area contributed by atoms with Gasteiger partial charge >= 0.3 is 0 Å². The first kappa shape index (κ1) is 11.1. The smallest absolute Gasteiger partial charge is 0.152 e. The van der Waals surface area contributed by atoms with Gasteiger partial charge in [0, 0.05) is 5.69 Å². The van der Waals surface area contributed by atoms with E-state index in [-0.39, 0.29) is 0 Å². The lowest BCUT2D eigenvalue weighted by Crippen LogP contribution is -2.42. The number of para-hydroxylation sites is 1. The molecule has 0 unspecified atom stereocenters. The lowest BCUT2D eigenvalue weighted by atomic mass is 10.3. The van der Waals surface area contributed by atoms with E-state index in [0.717, 1.165) is 0 Å². The molecule has 0 saturated heterocycles. The number of rotatable bonds is 3. The molecule has 0 fully saturated rings. The van der Waals surface area contributed by atoms with Gasteiger partial charge in [0.25, 0.3) is 0 Å². The Bertz CT molecular complexity index is 298. The third kappa shape index (κ3) is 2.74. The minimum absolute atomic E-state index is 1.30. The van der Waals surface area contributed by atoms with E-state index in [1.165, 1.54) is 5.69 Å². The standard InChI is InChI=1S/C12H19NSi/c1-5-11-13(14(2,3)4)12-9-7-6-8-10-12/h5-11H,1-4H3/b11-5+. The maximum atomic E-state index is 2.41. The lowest BCUT2D eigenvalue weighted by molar-refractivity contribution is 1.31. The molecule has 0 aliphatic rings. The summed E-state index contributed by atoms with van der Waals surface area (Å²) in [4.78, 5) is 0. The Morgan fingerprint density at radius 3 is 2.07 bits per heavy atom. The minimum atomic E-state index is -1.30. The van der Waals surface area contributed by atoms with Gasteiger partial charge in [-0.2, -0.15) is 0 Å². The van der Waals surface area contributed by atoms with Gasteiger partial charge in [-0.25, -0.2) is 0 Å². The summed E-state index contributed by atoms with van der Waals surface area (Å²) in [6.45, 7) is 9.11. The Kier molecular flexibility index (Phi) is 3.53. The van der Waals surface area contributed by atoms with Crippen LogP contribution in [-0.2, 0) is 0 Å². The first-order valence-corrected chi connectivity index (χ1v) is 8.47. The highest BCUT2D eigenvalue weighted by Crippen LogP contribution is 2.21. The van der Waals surface area contributed by atoms with Gasteiger partial charge in [0.1, 0.15) is 0 Å². The van der Waals surface area contributed by atoms with E-state index in [1.54, 1.807) is 0 Å². The fraction of sp³-hybridized carbons (Fsp3) is 0.333. The van der Waals surface area contributed by atoms with Crippen molar-refractivity contribution in [3.8, 4) is 0 Å². The highest BCUT2D eigenvalue weighted by Gasteiger charge is 2.21. The molecule has 0 heterocycles. The highest BCUT2D eigenvalue weighted by atomic mass is 28.3. The summed E-state index contributed by atoms with van der Waals surface area (Å²) < 4.78 is 2.41. The SMILES string of the molecule is C/C=C/N(c1ccccc1)[Si](C)(C)C. The molecule has 14 heavy (non-hydrogen) atoms. The molecule has 2 heteroatoms. The number of allylic oxidation sites excluding steroid dienone is 1. The Balaban J connectivity index is 3.01. The molecule has 0 radical (unpaired) electrons. The summed E-state index contributed by atoms with van der Waals surface area (Å²) in [5, 5.41) is 0. The van der Waals surface area contributed by atoms with Gasteiger partial charge in [-0.05, 0) is 25.3 Å². The molecule has 0 saturated carbocycles. The van der Waals surface area contributed by atoms with E-state index in [9.17, 15) is 0 Å². The summed E-state index contributed by atoms with van der Waals surface area (Å²) >= 11 is 0.